The van der Waals surface area contributed by atoms with Crippen LogP contribution < -0.4 is 4.90 Å². The van der Waals surface area contributed by atoms with Crippen molar-refractivity contribution in [2.24, 2.45) is 0 Å². The van der Waals surface area contributed by atoms with Gasteiger partial charge in [0, 0.05) is 35.6 Å². The van der Waals surface area contributed by atoms with Crippen LogP contribution in [0.5, 0.6) is 5.75 Å². The second-order valence-electron chi connectivity index (χ2n) is 8.22. The van der Waals surface area contributed by atoms with E-state index in [-0.39, 0.29) is 29.2 Å². The molecule has 0 aliphatic carbocycles. The van der Waals surface area contributed by atoms with Crippen LogP contribution in [0, 0.1) is 29.9 Å². The molecule has 1 fully saturated rings. The van der Waals surface area contributed by atoms with Crippen molar-refractivity contribution in [3.63, 3.8) is 0 Å². The Bertz CT molecular complexity index is 1410. The summed E-state index contributed by atoms with van der Waals surface area (Å²) in [6.07, 6.45) is 3.57. The van der Waals surface area contributed by atoms with Crippen LogP contribution in [-0.4, -0.2) is 33.4 Å². The number of benzene rings is 2. The Labute approximate surface area is 201 Å². The third kappa shape index (κ3) is 3.82. The Morgan fingerprint density at radius 3 is 2.41 bits per heavy atom. The number of nitrogens with one attached hydrogen (secondary N) is 1. The summed E-state index contributed by atoms with van der Waals surface area (Å²) in [5.74, 6) is -3.46. The molecule has 0 saturated carbocycles. The van der Waals surface area contributed by atoms with Gasteiger partial charge in [-0.05, 0) is 56.0 Å². The number of aromatic nitrogens is 3. The summed E-state index contributed by atoms with van der Waals surface area (Å²) in [4.78, 5) is 6.72. The lowest BCUT2D eigenvalue weighted by Crippen LogP contribution is -2.29. The lowest BCUT2D eigenvalue weighted by atomic mass is 9.93. The number of piperidine rings is 1. The minimum Gasteiger partial charge on any atom is -0.505 e. The minimum atomic E-state index is -1.39. The molecule has 174 valence electrons. The van der Waals surface area contributed by atoms with Crippen molar-refractivity contribution in [1.82, 2.24) is 15.2 Å². The number of pyridine rings is 1. The van der Waals surface area contributed by atoms with Crippen LogP contribution in [-0.2, 0) is 0 Å². The van der Waals surface area contributed by atoms with E-state index in [0.717, 1.165) is 43.2 Å². The highest BCUT2D eigenvalue weighted by Gasteiger charge is 2.25. The summed E-state index contributed by atoms with van der Waals surface area (Å²) in [5.41, 5.74) is 3.31. The number of anilines is 1. The molecule has 0 spiro atoms. The predicted octanol–water partition coefficient (Wildman–Crippen LogP) is 5.87. The average Bonchev–Trinajstić information content (AvgIpc) is 3.22. The predicted molar refractivity (Wildman–Crippen MR) is 129 cm³/mol. The van der Waals surface area contributed by atoms with Gasteiger partial charge < -0.3 is 10.0 Å². The van der Waals surface area contributed by atoms with Crippen molar-refractivity contribution in [2.45, 2.75) is 26.2 Å². The van der Waals surface area contributed by atoms with Crippen LogP contribution in [0.25, 0.3) is 33.4 Å². The number of halogens is 3. The molecular weight excluding hydrogens is 460 g/mol. The molecule has 9 heteroatoms. The van der Waals surface area contributed by atoms with Gasteiger partial charge in [0.1, 0.15) is 6.07 Å². The maximum absolute atomic E-state index is 14.7. The highest BCUT2D eigenvalue weighted by molar-refractivity contribution is 6.01. The number of nitriles is 1. The standard InChI is InChI=1S/C25H21F2N5O.ClH/c1-14-20-21(15-5-7-16(8-6-15)32-11-3-2-4-12-32)18(13-28)24(29-25(20)31-30-14)17-9-10-19(33)23(27)22(17)26;/h5-10,33H,2-4,11-12H2,1H3,(H,29,30,31);1H. The van der Waals surface area contributed by atoms with Crippen molar-refractivity contribution >= 4 is 29.1 Å². The minimum absolute atomic E-state index is 0. The molecule has 0 radical (unpaired) electrons. The van der Waals surface area contributed by atoms with E-state index in [9.17, 15) is 19.1 Å². The Morgan fingerprint density at radius 1 is 1.03 bits per heavy atom. The number of aromatic amines is 1. The molecule has 4 aromatic rings. The van der Waals surface area contributed by atoms with Gasteiger partial charge >= 0.3 is 0 Å². The molecule has 6 nitrogen and oxygen atoms in total. The average molecular weight is 482 g/mol. The number of rotatable bonds is 3. The molecule has 1 aliphatic heterocycles. The van der Waals surface area contributed by atoms with E-state index in [1.807, 2.05) is 31.2 Å². The zero-order chi connectivity index (χ0) is 23.1. The molecular formula is C25H22ClF2N5O. The molecule has 2 aromatic heterocycles. The van der Waals surface area contributed by atoms with Crippen LogP contribution >= 0.6 is 12.4 Å². The number of H-pyrrole nitrogens is 1. The monoisotopic (exact) mass is 481 g/mol. The maximum atomic E-state index is 14.7. The van der Waals surface area contributed by atoms with Crippen molar-refractivity contribution in [3.05, 3.63) is 59.3 Å². The van der Waals surface area contributed by atoms with Gasteiger partial charge in [-0.25, -0.2) is 9.37 Å². The van der Waals surface area contributed by atoms with E-state index >= 15 is 0 Å². The smallest absolute Gasteiger partial charge is 0.201 e. The Hall–Kier alpha value is -3.70. The molecule has 5 rings (SSSR count). The zero-order valence-electron chi connectivity index (χ0n) is 18.4. The van der Waals surface area contributed by atoms with E-state index in [0.29, 0.717) is 22.3 Å². The lowest BCUT2D eigenvalue weighted by Gasteiger charge is -2.29. The molecule has 0 unspecified atom stereocenters. The number of hydrogen-bond acceptors (Lipinski definition) is 5. The summed E-state index contributed by atoms with van der Waals surface area (Å²) in [7, 11) is 0. The van der Waals surface area contributed by atoms with E-state index in [1.54, 1.807) is 0 Å². The first-order chi connectivity index (χ1) is 16.0. The quantitative estimate of drug-likeness (QED) is 0.382. The van der Waals surface area contributed by atoms with Gasteiger partial charge in [0.25, 0.3) is 0 Å². The van der Waals surface area contributed by atoms with Gasteiger partial charge in [-0.2, -0.15) is 14.8 Å². The summed E-state index contributed by atoms with van der Waals surface area (Å²) >= 11 is 0. The van der Waals surface area contributed by atoms with Gasteiger partial charge in [-0.1, -0.05) is 12.1 Å². The van der Waals surface area contributed by atoms with Gasteiger partial charge in [0.05, 0.1) is 16.6 Å². The number of aryl methyl sites for hydroxylation is 1. The van der Waals surface area contributed by atoms with Crippen LogP contribution in [0.15, 0.2) is 36.4 Å². The lowest BCUT2D eigenvalue weighted by molar-refractivity contribution is 0.408. The van der Waals surface area contributed by atoms with Crippen molar-refractivity contribution in [2.75, 3.05) is 18.0 Å². The first-order valence-electron chi connectivity index (χ1n) is 10.8. The van der Waals surface area contributed by atoms with E-state index in [2.05, 4.69) is 26.2 Å². The Morgan fingerprint density at radius 2 is 1.74 bits per heavy atom. The number of hydrogen-bond donors (Lipinski definition) is 2. The van der Waals surface area contributed by atoms with E-state index < -0.39 is 17.4 Å². The largest absolute Gasteiger partial charge is 0.505 e. The molecule has 1 aliphatic rings. The molecule has 1 saturated heterocycles. The van der Waals surface area contributed by atoms with Crippen LogP contribution in [0.3, 0.4) is 0 Å². The summed E-state index contributed by atoms with van der Waals surface area (Å²) < 4.78 is 28.9. The third-order valence-corrected chi connectivity index (χ3v) is 6.19. The first kappa shape index (κ1) is 23.5. The third-order valence-electron chi connectivity index (χ3n) is 6.19. The SMILES string of the molecule is Cc1[nH]nc2nc(-c3ccc(O)c(F)c3F)c(C#N)c(-c3ccc(N4CCCCC4)cc3)c12.Cl. The van der Waals surface area contributed by atoms with Gasteiger partial charge in [-0.3, -0.25) is 5.10 Å². The summed E-state index contributed by atoms with van der Waals surface area (Å²) in [5, 5.41) is 27.3. The first-order valence-corrected chi connectivity index (χ1v) is 10.8. The number of fused-ring (bicyclic) bond motifs is 1. The van der Waals surface area contributed by atoms with Crippen LogP contribution in [0.2, 0.25) is 0 Å². The fourth-order valence-corrected chi connectivity index (χ4v) is 4.51. The molecule has 3 heterocycles. The molecule has 0 atom stereocenters. The molecule has 34 heavy (non-hydrogen) atoms. The number of phenols is 1. The summed E-state index contributed by atoms with van der Waals surface area (Å²) in [6.45, 7) is 3.85. The van der Waals surface area contributed by atoms with Crippen molar-refractivity contribution in [3.8, 4) is 34.2 Å². The molecule has 0 amide bonds. The van der Waals surface area contributed by atoms with Gasteiger partial charge in [-0.15, -0.1) is 12.4 Å². The molecule has 0 bridgehead atoms. The number of nitrogens with zero attached hydrogens (tertiary/aromatic N) is 4. The Kier molecular flexibility index (Phi) is 6.40. The second kappa shape index (κ2) is 9.27. The van der Waals surface area contributed by atoms with Gasteiger partial charge in [0.15, 0.2) is 17.2 Å². The van der Waals surface area contributed by atoms with Crippen LogP contribution in [0.1, 0.15) is 30.5 Å². The molecule has 2 aromatic carbocycles. The highest BCUT2D eigenvalue weighted by atomic mass is 35.5. The fraction of sp³-hybridized carbons (Fsp3) is 0.240. The normalized spacial score (nSPS) is 13.5. The number of aromatic hydroxyl groups is 1. The second-order valence-corrected chi connectivity index (χ2v) is 8.22. The number of phenolic OH excluding ortho intramolecular Hbond substituents is 1. The van der Waals surface area contributed by atoms with Gasteiger partial charge in [0.2, 0.25) is 5.82 Å². The van der Waals surface area contributed by atoms with E-state index in [4.69, 9.17) is 0 Å². The van der Waals surface area contributed by atoms with Crippen molar-refractivity contribution in [1.29, 1.82) is 5.26 Å². The van der Waals surface area contributed by atoms with Crippen molar-refractivity contribution < 1.29 is 13.9 Å². The fourth-order valence-electron chi connectivity index (χ4n) is 4.51. The summed E-state index contributed by atoms with van der Waals surface area (Å²) in [6, 6.07) is 12.3. The molecule has 2 N–H and O–H groups in total. The topological polar surface area (TPSA) is 88.8 Å². The van der Waals surface area contributed by atoms with E-state index in [1.165, 1.54) is 12.5 Å². The maximum Gasteiger partial charge on any atom is 0.201 e. The van der Waals surface area contributed by atoms with Crippen LogP contribution in [0.4, 0.5) is 14.5 Å². The zero-order valence-corrected chi connectivity index (χ0v) is 19.2. The highest BCUT2D eigenvalue weighted by Crippen LogP contribution is 2.39. The Balaban J connectivity index is 0.00000274.